The lowest BCUT2D eigenvalue weighted by molar-refractivity contribution is 0.456. The molecule has 21 heavy (non-hydrogen) atoms. The molecule has 0 saturated carbocycles. The topological polar surface area (TPSA) is 47.0 Å². The van der Waals surface area contributed by atoms with E-state index in [0.717, 1.165) is 30.8 Å². The van der Waals surface area contributed by atoms with Gasteiger partial charge in [-0.1, -0.05) is 37.0 Å². The summed E-state index contributed by atoms with van der Waals surface area (Å²) in [5.74, 6) is 1.77. The highest BCUT2D eigenvalue weighted by Crippen LogP contribution is 2.33. The molecule has 0 aliphatic rings. The van der Waals surface area contributed by atoms with E-state index >= 15 is 0 Å². The van der Waals surface area contributed by atoms with Crippen molar-refractivity contribution >= 4 is 29.0 Å². The Balaban J connectivity index is 2.33. The first kappa shape index (κ1) is 15.9. The van der Waals surface area contributed by atoms with Crippen molar-refractivity contribution in [2.24, 2.45) is 0 Å². The fourth-order valence-corrected chi connectivity index (χ4v) is 2.18. The highest BCUT2D eigenvalue weighted by molar-refractivity contribution is 6.34. The SMILES string of the molecule is CCCNc1ncnc(Oc2cc(Cl)ccc2Cl)c1CC. The van der Waals surface area contributed by atoms with E-state index < -0.39 is 0 Å². The van der Waals surface area contributed by atoms with Crippen LogP contribution in [0.1, 0.15) is 25.8 Å². The van der Waals surface area contributed by atoms with Gasteiger partial charge in [0.05, 0.1) is 10.6 Å². The Morgan fingerprint density at radius 3 is 2.71 bits per heavy atom. The Morgan fingerprint density at radius 1 is 1.19 bits per heavy atom. The van der Waals surface area contributed by atoms with Gasteiger partial charge in [-0.15, -0.1) is 0 Å². The third-order valence-electron chi connectivity index (χ3n) is 2.90. The van der Waals surface area contributed by atoms with Crippen molar-refractivity contribution in [1.82, 2.24) is 9.97 Å². The first-order chi connectivity index (χ1) is 10.2. The van der Waals surface area contributed by atoms with Crippen molar-refractivity contribution in [3.8, 4) is 11.6 Å². The molecule has 1 aromatic heterocycles. The number of nitrogens with one attached hydrogen (secondary N) is 1. The second-order valence-corrected chi connectivity index (χ2v) is 5.31. The molecule has 2 rings (SSSR count). The lowest BCUT2D eigenvalue weighted by Crippen LogP contribution is -2.07. The Labute approximate surface area is 134 Å². The summed E-state index contributed by atoms with van der Waals surface area (Å²) in [5, 5.41) is 4.33. The van der Waals surface area contributed by atoms with Crippen LogP contribution in [-0.4, -0.2) is 16.5 Å². The van der Waals surface area contributed by atoms with Gasteiger partial charge in [0.1, 0.15) is 17.9 Å². The third kappa shape index (κ3) is 3.99. The van der Waals surface area contributed by atoms with Gasteiger partial charge in [0.2, 0.25) is 5.88 Å². The van der Waals surface area contributed by atoms with Crippen molar-refractivity contribution < 1.29 is 4.74 Å². The number of rotatable bonds is 6. The minimum atomic E-state index is 0.485. The maximum absolute atomic E-state index is 6.12. The number of anilines is 1. The summed E-state index contributed by atoms with van der Waals surface area (Å²) in [7, 11) is 0. The zero-order valence-corrected chi connectivity index (χ0v) is 13.5. The Bertz CT molecular complexity index is 620. The molecule has 0 aliphatic heterocycles. The maximum Gasteiger partial charge on any atom is 0.227 e. The zero-order chi connectivity index (χ0) is 15.2. The third-order valence-corrected chi connectivity index (χ3v) is 3.45. The van der Waals surface area contributed by atoms with E-state index in [-0.39, 0.29) is 0 Å². The van der Waals surface area contributed by atoms with Crippen LogP contribution in [0.15, 0.2) is 24.5 Å². The molecule has 6 heteroatoms. The maximum atomic E-state index is 6.12. The van der Waals surface area contributed by atoms with Gasteiger partial charge in [-0.3, -0.25) is 0 Å². The number of nitrogens with zero attached hydrogens (tertiary/aromatic N) is 2. The van der Waals surface area contributed by atoms with Crippen molar-refractivity contribution in [2.45, 2.75) is 26.7 Å². The van der Waals surface area contributed by atoms with E-state index in [1.165, 1.54) is 6.33 Å². The van der Waals surface area contributed by atoms with Crippen molar-refractivity contribution in [1.29, 1.82) is 0 Å². The van der Waals surface area contributed by atoms with E-state index in [2.05, 4.69) is 22.2 Å². The van der Waals surface area contributed by atoms with Crippen LogP contribution in [0.4, 0.5) is 5.82 Å². The van der Waals surface area contributed by atoms with Crippen LogP contribution < -0.4 is 10.1 Å². The van der Waals surface area contributed by atoms with Crippen LogP contribution in [0.25, 0.3) is 0 Å². The minimum absolute atomic E-state index is 0.485. The highest BCUT2D eigenvalue weighted by Gasteiger charge is 2.13. The van der Waals surface area contributed by atoms with E-state index in [4.69, 9.17) is 27.9 Å². The van der Waals surface area contributed by atoms with E-state index in [1.807, 2.05) is 6.92 Å². The number of ether oxygens (including phenoxy) is 1. The number of hydrogen-bond donors (Lipinski definition) is 1. The molecule has 0 atom stereocenters. The first-order valence-corrected chi connectivity index (χ1v) is 7.62. The molecular weight excluding hydrogens is 309 g/mol. The van der Waals surface area contributed by atoms with Gasteiger partial charge in [0.25, 0.3) is 0 Å². The summed E-state index contributed by atoms with van der Waals surface area (Å²) in [6.45, 7) is 4.98. The Kier molecular flexibility index (Phi) is 5.65. The van der Waals surface area contributed by atoms with Crippen molar-refractivity contribution in [3.05, 3.63) is 40.1 Å². The predicted molar refractivity (Wildman–Crippen MR) is 86.7 cm³/mol. The van der Waals surface area contributed by atoms with Gasteiger partial charge in [-0.25, -0.2) is 9.97 Å². The van der Waals surface area contributed by atoms with Crippen LogP contribution in [0.5, 0.6) is 11.6 Å². The Hall–Kier alpha value is -1.52. The largest absolute Gasteiger partial charge is 0.437 e. The summed E-state index contributed by atoms with van der Waals surface area (Å²) in [6, 6.07) is 5.08. The molecule has 1 aromatic carbocycles. The average molecular weight is 326 g/mol. The second-order valence-electron chi connectivity index (χ2n) is 4.46. The molecule has 0 bridgehead atoms. The van der Waals surface area contributed by atoms with E-state index in [1.54, 1.807) is 18.2 Å². The average Bonchev–Trinajstić information content (AvgIpc) is 2.49. The summed E-state index contributed by atoms with van der Waals surface area (Å²) >= 11 is 12.1. The fourth-order valence-electron chi connectivity index (χ4n) is 1.86. The zero-order valence-electron chi connectivity index (χ0n) is 12.0. The lowest BCUT2D eigenvalue weighted by atomic mass is 10.2. The summed E-state index contributed by atoms with van der Waals surface area (Å²) < 4.78 is 5.83. The van der Waals surface area contributed by atoms with Crippen LogP contribution in [0.3, 0.4) is 0 Å². The Morgan fingerprint density at radius 2 is 2.00 bits per heavy atom. The molecule has 2 aromatic rings. The molecule has 0 aliphatic carbocycles. The fraction of sp³-hybridized carbons (Fsp3) is 0.333. The van der Waals surface area contributed by atoms with Crippen LogP contribution in [-0.2, 0) is 6.42 Å². The molecular formula is C15H17Cl2N3O. The summed E-state index contributed by atoms with van der Waals surface area (Å²) in [6.07, 6.45) is 3.24. The van der Waals surface area contributed by atoms with Crippen LogP contribution in [0, 0.1) is 0 Å². The minimum Gasteiger partial charge on any atom is -0.437 e. The first-order valence-electron chi connectivity index (χ1n) is 6.86. The van der Waals surface area contributed by atoms with Crippen molar-refractivity contribution in [3.63, 3.8) is 0 Å². The van der Waals surface area contributed by atoms with Crippen LogP contribution >= 0.6 is 23.2 Å². The molecule has 1 heterocycles. The molecule has 0 fully saturated rings. The molecule has 112 valence electrons. The second kappa shape index (κ2) is 7.48. The monoisotopic (exact) mass is 325 g/mol. The predicted octanol–water partition coefficient (Wildman–Crippen LogP) is 4.96. The molecule has 0 spiro atoms. The summed E-state index contributed by atoms with van der Waals surface area (Å²) in [4.78, 5) is 8.48. The van der Waals surface area contributed by atoms with Gasteiger partial charge in [-0.2, -0.15) is 0 Å². The molecule has 0 saturated heterocycles. The molecule has 0 amide bonds. The summed E-state index contributed by atoms with van der Waals surface area (Å²) in [5.41, 5.74) is 0.919. The van der Waals surface area contributed by atoms with Gasteiger partial charge in [-0.05, 0) is 25.0 Å². The molecule has 0 radical (unpaired) electrons. The van der Waals surface area contributed by atoms with Gasteiger partial charge in [0.15, 0.2) is 0 Å². The van der Waals surface area contributed by atoms with Gasteiger partial charge >= 0.3 is 0 Å². The van der Waals surface area contributed by atoms with E-state index in [9.17, 15) is 0 Å². The number of hydrogen-bond acceptors (Lipinski definition) is 4. The van der Waals surface area contributed by atoms with Gasteiger partial charge < -0.3 is 10.1 Å². The normalized spacial score (nSPS) is 10.5. The lowest BCUT2D eigenvalue weighted by Gasteiger charge is -2.14. The molecule has 0 unspecified atom stereocenters. The highest BCUT2D eigenvalue weighted by atomic mass is 35.5. The smallest absolute Gasteiger partial charge is 0.227 e. The van der Waals surface area contributed by atoms with Crippen LogP contribution in [0.2, 0.25) is 10.0 Å². The quantitative estimate of drug-likeness (QED) is 0.815. The number of halogens is 2. The van der Waals surface area contributed by atoms with Crippen molar-refractivity contribution in [2.75, 3.05) is 11.9 Å². The van der Waals surface area contributed by atoms with E-state index in [0.29, 0.717) is 21.7 Å². The number of benzene rings is 1. The van der Waals surface area contributed by atoms with Gasteiger partial charge in [0, 0.05) is 17.6 Å². The molecule has 1 N–H and O–H groups in total. The standard InChI is InChI=1S/C15H17Cl2N3O/c1-3-7-18-14-11(4-2)15(20-9-19-14)21-13-8-10(16)5-6-12(13)17/h5-6,8-9H,3-4,7H2,1-2H3,(H,18,19,20). The number of aromatic nitrogens is 2. The molecule has 4 nitrogen and oxygen atoms in total.